The fourth-order valence-electron chi connectivity index (χ4n) is 2.69. The first-order valence-corrected chi connectivity index (χ1v) is 9.42. The molecule has 2 aromatic heterocycles. The van der Waals surface area contributed by atoms with E-state index < -0.39 is 6.23 Å². The van der Waals surface area contributed by atoms with E-state index in [9.17, 15) is 5.11 Å². The molecule has 0 saturated carbocycles. The zero-order valence-electron chi connectivity index (χ0n) is 15.0. The quantitative estimate of drug-likeness (QED) is 0.496. The first kappa shape index (κ1) is 17.4. The van der Waals surface area contributed by atoms with E-state index in [0.717, 1.165) is 38.4 Å². The van der Waals surface area contributed by atoms with E-state index in [1.807, 2.05) is 62.4 Å². The van der Waals surface area contributed by atoms with Crippen molar-refractivity contribution in [2.45, 2.75) is 20.1 Å². The van der Waals surface area contributed by atoms with Crippen molar-refractivity contribution in [3.63, 3.8) is 0 Å². The standard InChI is InChI=1S/C19H19N5O2S/c1-3-26-16-10-6-13(7-11-16)17(25)20-15-8-4-14(5-9-15)18-23-24-12(2)21-22-19(24)27-18/h4-11,17,20,25H,3H2,1-2H3. The van der Waals surface area contributed by atoms with E-state index in [1.165, 1.54) is 11.3 Å². The molecule has 0 bridgehead atoms. The Bertz CT molecular complexity index is 1040. The van der Waals surface area contributed by atoms with Gasteiger partial charge in [0.25, 0.3) is 0 Å². The molecule has 0 aliphatic rings. The zero-order chi connectivity index (χ0) is 18.8. The van der Waals surface area contributed by atoms with Crippen LogP contribution in [-0.2, 0) is 0 Å². The minimum atomic E-state index is -0.802. The molecule has 1 atom stereocenters. The number of rotatable bonds is 6. The van der Waals surface area contributed by atoms with Crippen molar-refractivity contribution in [3.05, 3.63) is 59.9 Å². The SMILES string of the molecule is CCOc1ccc(C(O)Nc2ccc(-c3nn4c(C)nnc4s3)cc2)cc1. The van der Waals surface area contributed by atoms with Crippen LogP contribution < -0.4 is 10.1 Å². The summed E-state index contributed by atoms with van der Waals surface area (Å²) in [5.41, 5.74) is 2.58. The molecule has 0 radical (unpaired) electrons. The Morgan fingerprint density at radius 1 is 1.11 bits per heavy atom. The maximum atomic E-state index is 10.4. The number of aliphatic hydroxyl groups is 1. The van der Waals surface area contributed by atoms with Gasteiger partial charge < -0.3 is 15.2 Å². The summed E-state index contributed by atoms with van der Waals surface area (Å²) in [6, 6.07) is 15.2. The summed E-state index contributed by atoms with van der Waals surface area (Å²) in [5, 5.41) is 27.0. The Morgan fingerprint density at radius 2 is 1.85 bits per heavy atom. The second-order valence-electron chi connectivity index (χ2n) is 5.98. The second-order valence-corrected chi connectivity index (χ2v) is 6.93. The van der Waals surface area contributed by atoms with Crippen LogP contribution in [0.25, 0.3) is 15.5 Å². The first-order chi connectivity index (χ1) is 13.1. The summed E-state index contributed by atoms with van der Waals surface area (Å²) >= 11 is 1.49. The minimum absolute atomic E-state index is 0.619. The maximum Gasteiger partial charge on any atom is 0.234 e. The Hall–Kier alpha value is -2.97. The van der Waals surface area contributed by atoms with Gasteiger partial charge >= 0.3 is 0 Å². The summed E-state index contributed by atoms with van der Waals surface area (Å²) in [7, 11) is 0. The molecule has 1 unspecified atom stereocenters. The largest absolute Gasteiger partial charge is 0.494 e. The molecule has 8 heteroatoms. The Labute approximate surface area is 160 Å². The fourth-order valence-corrected chi connectivity index (χ4v) is 3.59. The molecule has 0 fully saturated rings. The summed E-state index contributed by atoms with van der Waals surface area (Å²) in [6.07, 6.45) is -0.802. The van der Waals surface area contributed by atoms with Gasteiger partial charge in [0.15, 0.2) is 12.1 Å². The number of hydrogen-bond donors (Lipinski definition) is 2. The van der Waals surface area contributed by atoms with Crippen LogP contribution >= 0.6 is 11.3 Å². The zero-order valence-corrected chi connectivity index (χ0v) is 15.8. The van der Waals surface area contributed by atoms with Gasteiger partial charge in [-0.15, -0.1) is 10.2 Å². The molecule has 0 spiro atoms. The van der Waals surface area contributed by atoms with Crippen molar-refractivity contribution in [1.29, 1.82) is 0 Å². The smallest absolute Gasteiger partial charge is 0.234 e. The van der Waals surface area contributed by atoms with Gasteiger partial charge in [0.2, 0.25) is 4.96 Å². The van der Waals surface area contributed by atoms with E-state index in [4.69, 9.17) is 4.74 Å². The third-order valence-electron chi connectivity index (χ3n) is 4.09. The van der Waals surface area contributed by atoms with Crippen LogP contribution in [0.15, 0.2) is 48.5 Å². The molecule has 2 aromatic carbocycles. The molecular weight excluding hydrogens is 362 g/mol. The molecular formula is C19H19N5O2S. The number of anilines is 1. The van der Waals surface area contributed by atoms with Crippen LogP contribution in [-0.4, -0.2) is 31.5 Å². The third kappa shape index (κ3) is 3.62. The van der Waals surface area contributed by atoms with E-state index in [-0.39, 0.29) is 0 Å². The van der Waals surface area contributed by atoms with Crippen molar-refractivity contribution in [1.82, 2.24) is 19.8 Å². The molecule has 2 heterocycles. The number of fused-ring (bicyclic) bond motifs is 1. The summed E-state index contributed by atoms with van der Waals surface area (Å²) in [6.45, 7) is 4.43. The van der Waals surface area contributed by atoms with Gasteiger partial charge in [-0.25, -0.2) is 0 Å². The Morgan fingerprint density at radius 3 is 2.52 bits per heavy atom. The molecule has 4 rings (SSSR count). The normalized spacial score (nSPS) is 12.3. The van der Waals surface area contributed by atoms with Gasteiger partial charge in [-0.2, -0.15) is 9.61 Å². The highest BCUT2D eigenvalue weighted by atomic mass is 32.1. The number of benzene rings is 2. The van der Waals surface area contributed by atoms with Crippen molar-refractivity contribution < 1.29 is 9.84 Å². The predicted molar refractivity (Wildman–Crippen MR) is 105 cm³/mol. The molecule has 27 heavy (non-hydrogen) atoms. The summed E-state index contributed by atoms with van der Waals surface area (Å²) in [4.78, 5) is 0.774. The van der Waals surface area contributed by atoms with Crippen molar-refractivity contribution in [2.24, 2.45) is 0 Å². The van der Waals surface area contributed by atoms with E-state index in [2.05, 4.69) is 20.6 Å². The van der Waals surface area contributed by atoms with E-state index >= 15 is 0 Å². The molecule has 0 aliphatic carbocycles. The number of aromatic nitrogens is 4. The Kier molecular flexibility index (Phi) is 4.74. The lowest BCUT2D eigenvalue weighted by atomic mass is 10.1. The lowest BCUT2D eigenvalue weighted by molar-refractivity contribution is 0.208. The first-order valence-electron chi connectivity index (χ1n) is 8.60. The summed E-state index contributed by atoms with van der Waals surface area (Å²) < 4.78 is 7.16. The number of hydrogen-bond acceptors (Lipinski definition) is 7. The lowest BCUT2D eigenvalue weighted by Gasteiger charge is -2.15. The summed E-state index contributed by atoms with van der Waals surface area (Å²) in [5.74, 6) is 1.56. The number of aryl methyl sites for hydroxylation is 1. The highest BCUT2D eigenvalue weighted by Crippen LogP contribution is 2.27. The van der Waals surface area contributed by atoms with Gasteiger partial charge in [0, 0.05) is 16.8 Å². The number of aliphatic hydroxyl groups excluding tert-OH is 1. The minimum Gasteiger partial charge on any atom is -0.494 e. The van der Waals surface area contributed by atoms with Gasteiger partial charge in [0.05, 0.1) is 6.61 Å². The number of ether oxygens (including phenoxy) is 1. The fraction of sp³-hybridized carbons (Fsp3) is 0.211. The van der Waals surface area contributed by atoms with Gasteiger partial charge in [-0.1, -0.05) is 23.5 Å². The molecule has 2 N–H and O–H groups in total. The van der Waals surface area contributed by atoms with Crippen LogP contribution in [0.4, 0.5) is 5.69 Å². The van der Waals surface area contributed by atoms with Crippen molar-refractivity contribution >= 4 is 22.0 Å². The monoisotopic (exact) mass is 381 g/mol. The Balaban J connectivity index is 1.46. The topological polar surface area (TPSA) is 84.6 Å². The average Bonchev–Trinajstić information content (AvgIpc) is 3.25. The van der Waals surface area contributed by atoms with Crippen LogP contribution in [0.5, 0.6) is 5.75 Å². The molecule has 4 aromatic rings. The van der Waals surface area contributed by atoms with Crippen LogP contribution in [0.2, 0.25) is 0 Å². The van der Waals surface area contributed by atoms with Gasteiger partial charge in [-0.3, -0.25) is 0 Å². The van der Waals surface area contributed by atoms with Crippen LogP contribution in [0.1, 0.15) is 24.5 Å². The van der Waals surface area contributed by atoms with Crippen molar-refractivity contribution in [3.8, 4) is 16.3 Å². The second kappa shape index (κ2) is 7.34. The van der Waals surface area contributed by atoms with Gasteiger partial charge in [0.1, 0.15) is 10.8 Å². The van der Waals surface area contributed by atoms with E-state index in [1.54, 1.807) is 4.52 Å². The number of nitrogens with zero attached hydrogens (tertiary/aromatic N) is 4. The maximum absolute atomic E-state index is 10.4. The molecule has 0 saturated heterocycles. The van der Waals surface area contributed by atoms with Crippen LogP contribution in [0, 0.1) is 6.92 Å². The van der Waals surface area contributed by atoms with Crippen LogP contribution in [0.3, 0.4) is 0 Å². The lowest BCUT2D eigenvalue weighted by Crippen LogP contribution is -2.09. The molecule has 138 valence electrons. The predicted octanol–water partition coefficient (Wildman–Crippen LogP) is 3.66. The highest BCUT2D eigenvalue weighted by molar-refractivity contribution is 7.19. The third-order valence-corrected chi connectivity index (χ3v) is 5.04. The van der Waals surface area contributed by atoms with Gasteiger partial charge in [-0.05, 0) is 50.2 Å². The van der Waals surface area contributed by atoms with E-state index in [0.29, 0.717) is 6.61 Å². The average molecular weight is 381 g/mol. The molecule has 0 amide bonds. The molecule has 7 nitrogen and oxygen atoms in total. The number of nitrogens with one attached hydrogen (secondary N) is 1. The van der Waals surface area contributed by atoms with Crippen molar-refractivity contribution in [2.75, 3.05) is 11.9 Å². The highest BCUT2D eigenvalue weighted by Gasteiger charge is 2.11. The molecule has 0 aliphatic heterocycles.